The molecule has 0 bridgehead atoms. The van der Waals surface area contributed by atoms with Crippen molar-refractivity contribution < 1.29 is 4.74 Å². The number of nitrogen functional groups attached to an aromatic ring is 1. The van der Waals surface area contributed by atoms with Crippen LogP contribution in [-0.2, 0) is 6.54 Å². The van der Waals surface area contributed by atoms with Crippen molar-refractivity contribution in [3.8, 4) is 5.75 Å². The number of aromatic nitrogens is 2. The molecule has 0 saturated carbocycles. The van der Waals surface area contributed by atoms with Gasteiger partial charge in [-0.15, -0.1) is 0 Å². The number of fused-ring (bicyclic) bond motifs is 2. The first-order valence-corrected chi connectivity index (χ1v) is 7.25. The Bertz CT molecular complexity index is 794. The molecule has 106 valence electrons. The van der Waals surface area contributed by atoms with Crippen LogP contribution in [0.4, 0.5) is 5.82 Å². The highest BCUT2D eigenvalue weighted by Gasteiger charge is 2.22. The van der Waals surface area contributed by atoms with E-state index in [0.29, 0.717) is 11.7 Å². The molecular weight excluding hydrogens is 262 g/mol. The van der Waals surface area contributed by atoms with Gasteiger partial charge in [-0.25, -0.2) is 0 Å². The van der Waals surface area contributed by atoms with Gasteiger partial charge in [0.05, 0.1) is 12.1 Å². The maximum Gasteiger partial charge on any atom is 0.153 e. The maximum absolute atomic E-state index is 6.02. The summed E-state index contributed by atoms with van der Waals surface area (Å²) in [5.74, 6) is 2.02. The molecule has 4 nitrogen and oxygen atoms in total. The van der Waals surface area contributed by atoms with Crippen molar-refractivity contribution in [2.24, 2.45) is 0 Å². The molecular formula is C17H17N3O. The summed E-state index contributed by atoms with van der Waals surface area (Å²) >= 11 is 0. The van der Waals surface area contributed by atoms with Crippen molar-refractivity contribution in [3.05, 3.63) is 54.1 Å². The number of para-hydroxylation sites is 2. The molecule has 2 heterocycles. The molecule has 1 aliphatic heterocycles. The number of anilines is 1. The van der Waals surface area contributed by atoms with Gasteiger partial charge in [-0.05, 0) is 30.2 Å². The quantitative estimate of drug-likeness (QED) is 0.784. The van der Waals surface area contributed by atoms with Crippen molar-refractivity contribution in [2.75, 3.05) is 12.3 Å². The summed E-state index contributed by atoms with van der Waals surface area (Å²) in [5, 5.41) is 5.54. The van der Waals surface area contributed by atoms with Gasteiger partial charge in [-0.1, -0.05) is 30.3 Å². The topological polar surface area (TPSA) is 53.1 Å². The van der Waals surface area contributed by atoms with Gasteiger partial charge >= 0.3 is 0 Å². The molecule has 4 heteroatoms. The highest BCUT2D eigenvalue weighted by Crippen LogP contribution is 2.35. The zero-order valence-corrected chi connectivity index (χ0v) is 11.7. The Morgan fingerprint density at radius 2 is 1.95 bits per heavy atom. The van der Waals surface area contributed by atoms with Crippen molar-refractivity contribution in [3.63, 3.8) is 0 Å². The fraction of sp³-hybridized carbons (Fsp3) is 0.235. The molecule has 0 fully saturated rings. The largest absolute Gasteiger partial charge is 0.493 e. The summed E-state index contributed by atoms with van der Waals surface area (Å²) in [6, 6.07) is 16.4. The predicted molar refractivity (Wildman–Crippen MR) is 83.4 cm³/mol. The minimum Gasteiger partial charge on any atom is -0.493 e. The Kier molecular flexibility index (Phi) is 2.81. The van der Waals surface area contributed by atoms with Gasteiger partial charge in [0.25, 0.3) is 0 Å². The molecule has 0 aliphatic carbocycles. The van der Waals surface area contributed by atoms with Crippen LogP contribution < -0.4 is 10.5 Å². The van der Waals surface area contributed by atoms with Crippen LogP contribution in [0.25, 0.3) is 10.9 Å². The summed E-state index contributed by atoms with van der Waals surface area (Å²) in [4.78, 5) is 0. The van der Waals surface area contributed by atoms with Crippen LogP contribution in [0.15, 0.2) is 48.5 Å². The lowest BCUT2D eigenvalue weighted by molar-refractivity contribution is 0.257. The third-order valence-electron chi connectivity index (χ3n) is 4.16. The van der Waals surface area contributed by atoms with Gasteiger partial charge in [0.15, 0.2) is 5.82 Å². The van der Waals surface area contributed by atoms with E-state index in [4.69, 9.17) is 10.5 Å². The Labute approximate surface area is 123 Å². The molecule has 0 radical (unpaired) electrons. The standard InChI is InChI=1S/C17H17N3O/c18-17-14-6-1-3-7-15(14)20(19-17)11-12-9-10-21-16-8-4-2-5-13(12)16/h1-8,12H,9-11H2,(H2,18,19). The highest BCUT2D eigenvalue weighted by atomic mass is 16.5. The van der Waals surface area contributed by atoms with Crippen LogP contribution in [0.5, 0.6) is 5.75 Å². The smallest absolute Gasteiger partial charge is 0.153 e. The monoisotopic (exact) mass is 279 g/mol. The van der Waals surface area contributed by atoms with Crippen LogP contribution in [0.1, 0.15) is 17.9 Å². The van der Waals surface area contributed by atoms with E-state index in [1.165, 1.54) is 5.56 Å². The Morgan fingerprint density at radius 3 is 2.90 bits per heavy atom. The molecule has 1 unspecified atom stereocenters. The van der Waals surface area contributed by atoms with E-state index in [-0.39, 0.29) is 0 Å². The number of nitrogens with zero attached hydrogens (tertiary/aromatic N) is 2. The molecule has 21 heavy (non-hydrogen) atoms. The first-order chi connectivity index (χ1) is 10.3. The third kappa shape index (κ3) is 2.03. The lowest BCUT2D eigenvalue weighted by Gasteiger charge is -2.25. The maximum atomic E-state index is 6.02. The highest BCUT2D eigenvalue weighted by molar-refractivity contribution is 5.88. The van der Waals surface area contributed by atoms with Crippen molar-refractivity contribution in [1.82, 2.24) is 9.78 Å². The molecule has 0 amide bonds. The molecule has 0 saturated heterocycles. The minimum absolute atomic E-state index is 0.414. The average Bonchev–Trinajstić information content (AvgIpc) is 2.85. The first-order valence-electron chi connectivity index (χ1n) is 7.25. The number of nitrogens with two attached hydrogens (primary N) is 1. The van der Waals surface area contributed by atoms with Gasteiger partial charge < -0.3 is 10.5 Å². The normalized spacial score (nSPS) is 17.4. The second-order valence-corrected chi connectivity index (χ2v) is 5.46. The molecule has 4 rings (SSSR count). The lowest BCUT2D eigenvalue weighted by atomic mass is 9.93. The molecule has 3 aromatic rings. The minimum atomic E-state index is 0.414. The van der Waals surface area contributed by atoms with Gasteiger partial charge in [0.1, 0.15) is 5.75 Å². The summed E-state index contributed by atoms with van der Waals surface area (Å²) in [7, 11) is 0. The summed E-state index contributed by atoms with van der Waals surface area (Å²) in [6.45, 7) is 1.59. The number of ether oxygens (including phenoxy) is 1. The van der Waals surface area contributed by atoms with E-state index in [0.717, 1.165) is 36.2 Å². The molecule has 1 aromatic heterocycles. The van der Waals surface area contributed by atoms with Crippen LogP contribution in [0.3, 0.4) is 0 Å². The summed E-state index contributed by atoms with van der Waals surface area (Å²) in [5.41, 5.74) is 8.38. The number of hydrogen-bond acceptors (Lipinski definition) is 3. The van der Waals surface area contributed by atoms with Crippen molar-refractivity contribution >= 4 is 16.7 Å². The fourth-order valence-corrected chi connectivity index (χ4v) is 3.11. The molecule has 2 aromatic carbocycles. The van der Waals surface area contributed by atoms with E-state index < -0.39 is 0 Å². The molecule has 1 aliphatic rings. The third-order valence-corrected chi connectivity index (χ3v) is 4.16. The summed E-state index contributed by atoms with van der Waals surface area (Å²) < 4.78 is 7.75. The van der Waals surface area contributed by atoms with Gasteiger partial charge in [-0.2, -0.15) is 5.10 Å². The van der Waals surface area contributed by atoms with E-state index in [2.05, 4.69) is 23.3 Å². The van der Waals surface area contributed by atoms with Gasteiger partial charge in [0, 0.05) is 17.8 Å². The van der Waals surface area contributed by atoms with Gasteiger partial charge in [0.2, 0.25) is 0 Å². The first kappa shape index (κ1) is 12.3. The Hall–Kier alpha value is -2.49. The summed E-state index contributed by atoms with van der Waals surface area (Å²) in [6.07, 6.45) is 1.01. The Balaban J connectivity index is 1.73. The number of benzene rings is 2. The van der Waals surface area contributed by atoms with Crippen LogP contribution >= 0.6 is 0 Å². The van der Waals surface area contributed by atoms with E-state index in [1.54, 1.807) is 0 Å². The zero-order chi connectivity index (χ0) is 14.2. The van der Waals surface area contributed by atoms with E-state index in [9.17, 15) is 0 Å². The molecule has 2 N–H and O–H groups in total. The Morgan fingerprint density at radius 1 is 1.14 bits per heavy atom. The zero-order valence-electron chi connectivity index (χ0n) is 11.7. The number of rotatable bonds is 2. The SMILES string of the molecule is Nc1nn(CC2CCOc3ccccc32)c2ccccc12. The average molecular weight is 279 g/mol. The molecule has 1 atom stereocenters. The van der Waals surface area contributed by atoms with Crippen LogP contribution in [0, 0.1) is 0 Å². The second-order valence-electron chi connectivity index (χ2n) is 5.46. The van der Waals surface area contributed by atoms with Crippen LogP contribution in [0.2, 0.25) is 0 Å². The van der Waals surface area contributed by atoms with E-state index in [1.807, 2.05) is 35.0 Å². The predicted octanol–water partition coefficient (Wildman–Crippen LogP) is 3.18. The van der Waals surface area contributed by atoms with Crippen molar-refractivity contribution in [1.29, 1.82) is 0 Å². The van der Waals surface area contributed by atoms with Crippen LogP contribution in [-0.4, -0.2) is 16.4 Å². The number of hydrogen-bond donors (Lipinski definition) is 1. The molecule has 0 spiro atoms. The van der Waals surface area contributed by atoms with Crippen molar-refractivity contribution in [2.45, 2.75) is 18.9 Å². The second kappa shape index (κ2) is 4.81. The lowest BCUT2D eigenvalue weighted by Crippen LogP contribution is -2.19. The fourth-order valence-electron chi connectivity index (χ4n) is 3.11. The van der Waals surface area contributed by atoms with Gasteiger partial charge in [-0.3, -0.25) is 4.68 Å². The van der Waals surface area contributed by atoms with E-state index >= 15 is 0 Å².